The van der Waals surface area contributed by atoms with Crippen molar-refractivity contribution < 1.29 is 0 Å². The minimum absolute atomic E-state index is 0.803. The Hall–Kier alpha value is -1.16. The van der Waals surface area contributed by atoms with E-state index in [-0.39, 0.29) is 0 Å². The van der Waals surface area contributed by atoms with Crippen molar-refractivity contribution in [1.82, 2.24) is 14.9 Å². The molecule has 1 atom stereocenters. The van der Waals surface area contributed by atoms with Gasteiger partial charge in [0.05, 0.1) is 6.54 Å². The van der Waals surface area contributed by atoms with Crippen LogP contribution in [0, 0.1) is 12.8 Å². The minimum Gasteiger partial charge on any atom is -0.370 e. The van der Waals surface area contributed by atoms with E-state index >= 15 is 0 Å². The summed E-state index contributed by atoms with van der Waals surface area (Å²) in [7, 11) is 0. The van der Waals surface area contributed by atoms with Gasteiger partial charge in [0, 0.05) is 24.8 Å². The van der Waals surface area contributed by atoms with E-state index in [0.29, 0.717) is 0 Å². The number of piperidine rings is 1. The van der Waals surface area contributed by atoms with Crippen molar-refractivity contribution in [3.05, 3.63) is 17.6 Å². The first-order valence-electron chi connectivity index (χ1n) is 6.98. The molecule has 1 aliphatic heterocycles. The van der Waals surface area contributed by atoms with Crippen LogP contribution < -0.4 is 5.32 Å². The molecule has 1 aromatic heterocycles. The molecule has 0 aromatic carbocycles. The molecule has 0 aliphatic carbocycles. The molecule has 18 heavy (non-hydrogen) atoms. The normalized spacial score (nSPS) is 20.9. The molecular weight excluding hydrogens is 224 g/mol. The fourth-order valence-electron chi connectivity index (χ4n) is 2.60. The van der Waals surface area contributed by atoms with Crippen LogP contribution in [-0.4, -0.2) is 34.5 Å². The molecule has 1 saturated heterocycles. The van der Waals surface area contributed by atoms with Crippen LogP contribution >= 0.6 is 0 Å². The molecule has 0 radical (unpaired) electrons. The number of rotatable bonds is 4. The molecule has 4 heteroatoms. The quantitative estimate of drug-likeness (QED) is 0.888. The van der Waals surface area contributed by atoms with E-state index < -0.39 is 0 Å². The summed E-state index contributed by atoms with van der Waals surface area (Å²) in [6.07, 6.45) is 2.65. The minimum atomic E-state index is 0.803. The van der Waals surface area contributed by atoms with Crippen LogP contribution in [0.2, 0.25) is 0 Å². The van der Waals surface area contributed by atoms with E-state index in [9.17, 15) is 0 Å². The first kappa shape index (κ1) is 13.3. The van der Waals surface area contributed by atoms with Crippen LogP contribution in [0.5, 0.6) is 0 Å². The lowest BCUT2D eigenvalue weighted by Crippen LogP contribution is -2.34. The van der Waals surface area contributed by atoms with Gasteiger partial charge >= 0.3 is 0 Å². The first-order valence-corrected chi connectivity index (χ1v) is 6.98. The Morgan fingerprint density at radius 1 is 1.44 bits per heavy atom. The van der Waals surface area contributed by atoms with Gasteiger partial charge in [-0.15, -0.1) is 0 Å². The molecule has 1 aliphatic rings. The highest BCUT2D eigenvalue weighted by atomic mass is 15.2. The fraction of sp³-hybridized carbons (Fsp3) is 0.714. The maximum atomic E-state index is 4.58. The molecule has 1 aromatic rings. The van der Waals surface area contributed by atoms with Gasteiger partial charge in [-0.05, 0) is 39.2 Å². The third-order valence-corrected chi connectivity index (χ3v) is 3.36. The Morgan fingerprint density at radius 3 is 3.00 bits per heavy atom. The predicted octanol–water partition coefficient (Wildman–Crippen LogP) is 2.45. The second-order valence-corrected chi connectivity index (χ2v) is 5.32. The molecule has 0 amide bonds. The number of hydrogen-bond acceptors (Lipinski definition) is 4. The predicted molar refractivity (Wildman–Crippen MR) is 74.6 cm³/mol. The van der Waals surface area contributed by atoms with Gasteiger partial charge in [-0.2, -0.15) is 0 Å². The second-order valence-electron chi connectivity index (χ2n) is 5.32. The lowest BCUT2D eigenvalue weighted by Gasteiger charge is -2.30. The zero-order chi connectivity index (χ0) is 13.0. The van der Waals surface area contributed by atoms with Crippen LogP contribution in [0.4, 0.5) is 5.82 Å². The van der Waals surface area contributed by atoms with Crippen LogP contribution in [0.1, 0.15) is 38.2 Å². The molecule has 4 nitrogen and oxygen atoms in total. The number of aryl methyl sites for hydroxylation is 1. The first-order chi connectivity index (χ1) is 8.67. The molecule has 1 fully saturated rings. The molecule has 2 rings (SSSR count). The van der Waals surface area contributed by atoms with Crippen molar-refractivity contribution in [1.29, 1.82) is 0 Å². The van der Waals surface area contributed by atoms with Crippen LogP contribution in [0.25, 0.3) is 0 Å². The Balaban J connectivity index is 2.03. The monoisotopic (exact) mass is 248 g/mol. The van der Waals surface area contributed by atoms with Gasteiger partial charge in [0.15, 0.2) is 0 Å². The molecular formula is C14H24N4. The smallest absolute Gasteiger partial charge is 0.144 e. The molecule has 100 valence electrons. The van der Waals surface area contributed by atoms with Gasteiger partial charge in [0.25, 0.3) is 0 Å². The third-order valence-electron chi connectivity index (χ3n) is 3.36. The Kier molecular flexibility index (Phi) is 4.53. The average Bonchev–Trinajstić information content (AvgIpc) is 2.28. The van der Waals surface area contributed by atoms with Gasteiger partial charge in [0.2, 0.25) is 0 Å². The van der Waals surface area contributed by atoms with Crippen LogP contribution in [0.3, 0.4) is 0 Å². The van der Waals surface area contributed by atoms with Gasteiger partial charge < -0.3 is 5.32 Å². The summed E-state index contributed by atoms with van der Waals surface area (Å²) in [5.74, 6) is 2.70. The van der Waals surface area contributed by atoms with Crippen molar-refractivity contribution >= 4 is 5.82 Å². The van der Waals surface area contributed by atoms with E-state index in [2.05, 4.69) is 34.0 Å². The average molecular weight is 248 g/mol. The SMILES string of the molecule is CCNc1cc(C)nc(CN2CCCC(C)C2)n1. The summed E-state index contributed by atoms with van der Waals surface area (Å²) in [6, 6.07) is 2.01. The molecule has 0 spiro atoms. The molecule has 0 bridgehead atoms. The highest BCUT2D eigenvalue weighted by molar-refractivity contribution is 5.35. The van der Waals surface area contributed by atoms with Crippen molar-refractivity contribution in [2.75, 3.05) is 25.0 Å². The van der Waals surface area contributed by atoms with Gasteiger partial charge in [0.1, 0.15) is 11.6 Å². The Labute approximate surface area is 110 Å². The summed E-state index contributed by atoms with van der Waals surface area (Å²) in [5.41, 5.74) is 1.04. The van der Waals surface area contributed by atoms with Crippen molar-refractivity contribution in [2.24, 2.45) is 5.92 Å². The van der Waals surface area contributed by atoms with E-state index in [1.165, 1.54) is 25.9 Å². The summed E-state index contributed by atoms with van der Waals surface area (Å²) in [4.78, 5) is 11.6. The number of hydrogen-bond donors (Lipinski definition) is 1. The van der Waals surface area contributed by atoms with Crippen molar-refractivity contribution in [2.45, 2.75) is 40.2 Å². The van der Waals surface area contributed by atoms with Crippen molar-refractivity contribution in [3.8, 4) is 0 Å². The largest absolute Gasteiger partial charge is 0.370 e. The van der Waals surface area contributed by atoms with Crippen LogP contribution in [0.15, 0.2) is 6.07 Å². The van der Waals surface area contributed by atoms with Crippen LogP contribution in [-0.2, 0) is 6.54 Å². The summed E-state index contributed by atoms with van der Waals surface area (Å²) >= 11 is 0. The summed E-state index contributed by atoms with van der Waals surface area (Å²) < 4.78 is 0. The topological polar surface area (TPSA) is 41.1 Å². The molecule has 2 heterocycles. The van der Waals surface area contributed by atoms with Gasteiger partial charge in [-0.25, -0.2) is 9.97 Å². The lowest BCUT2D eigenvalue weighted by molar-refractivity contribution is 0.173. The second kappa shape index (κ2) is 6.14. The Bertz CT molecular complexity index is 391. The number of nitrogens with zero attached hydrogens (tertiary/aromatic N) is 3. The number of aromatic nitrogens is 2. The molecule has 0 saturated carbocycles. The van der Waals surface area contributed by atoms with Crippen molar-refractivity contribution in [3.63, 3.8) is 0 Å². The fourth-order valence-corrected chi connectivity index (χ4v) is 2.60. The maximum Gasteiger partial charge on any atom is 0.144 e. The van der Waals surface area contributed by atoms with E-state index in [4.69, 9.17) is 0 Å². The summed E-state index contributed by atoms with van der Waals surface area (Å²) in [6.45, 7) is 10.6. The number of nitrogens with one attached hydrogen (secondary N) is 1. The lowest BCUT2D eigenvalue weighted by atomic mass is 10.0. The van der Waals surface area contributed by atoms with E-state index in [0.717, 1.165) is 36.3 Å². The van der Waals surface area contributed by atoms with E-state index in [1.54, 1.807) is 0 Å². The number of anilines is 1. The maximum absolute atomic E-state index is 4.58. The Morgan fingerprint density at radius 2 is 2.28 bits per heavy atom. The highest BCUT2D eigenvalue weighted by Gasteiger charge is 2.17. The molecule has 1 N–H and O–H groups in total. The number of likely N-dealkylation sites (tertiary alicyclic amines) is 1. The van der Waals surface area contributed by atoms with Gasteiger partial charge in [-0.1, -0.05) is 6.92 Å². The van der Waals surface area contributed by atoms with E-state index in [1.807, 2.05) is 13.0 Å². The standard InChI is InChI=1S/C14H24N4/c1-4-15-13-8-12(3)16-14(17-13)10-18-7-5-6-11(2)9-18/h8,11H,4-7,9-10H2,1-3H3,(H,15,16,17). The van der Waals surface area contributed by atoms with Gasteiger partial charge in [-0.3, -0.25) is 4.90 Å². The third kappa shape index (κ3) is 3.67. The summed E-state index contributed by atoms with van der Waals surface area (Å²) in [5, 5.41) is 3.27. The molecule has 1 unspecified atom stereocenters. The highest BCUT2D eigenvalue weighted by Crippen LogP contribution is 2.17. The zero-order valence-corrected chi connectivity index (χ0v) is 11.7. The zero-order valence-electron chi connectivity index (χ0n) is 11.7.